The Morgan fingerprint density at radius 3 is 2.58 bits per heavy atom. The van der Waals surface area contributed by atoms with Crippen LogP contribution in [-0.4, -0.2) is 13.1 Å². The van der Waals surface area contributed by atoms with Gasteiger partial charge < -0.3 is 5.32 Å². The fourth-order valence-corrected chi connectivity index (χ4v) is 0.867. The van der Waals surface area contributed by atoms with Gasteiger partial charge in [-0.3, -0.25) is 0 Å². The van der Waals surface area contributed by atoms with E-state index in [1.54, 1.807) is 0 Å². The zero-order valence-electron chi connectivity index (χ0n) is 8.61. The van der Waals surface area contributed by atoms with Gasteiger partial charge in [0.25, 0.3) is 0 Å². The van der Waals surface area contributed by atoms with Gasteiger partial charge in [0.05, 0.1) is 0 Å². The smallest absolute Gasteiger partial charge is 0.00981 e. The molecule has 0 unspecified atom stereocenters. The monoisotopic (exact) mass is 167 g/mol. The molecule has 0 fully saturated rings. The second-order valence-electron chi connectivity index (χ2n) is 4.00. The third-order valence-corrected chi connectivity index (χ3v) is 2.24. The number of rotatable bonds is 6. The first-order valence-corrected chi connectivity index (χ1v) is 4.76. The van der Waals surface area contributed by atoms with Crippen molar-refractivity contribution in [1.82, 2.24) is 5.32 Å². The van der Waals surface area contributed by atoms with Crippen LogP contribution in [0.5, 0.6) is 0 Å². The summed E-state index contributed by atoms with van der Waals surface area (Å²) in [5.41, 5.74) is 0.427. The predicted octanol–water partition coefficient (Wildman–Crippen LogP) is 2.43. The fraction of sp³-hybridized carbons (Fsp3) is 0.818. The van der Waals surface area contributed by atoms with E-state index in [1.807, 2.05) is 0 Å². The Labute approximate surface area is 76.9 Å². The summed E-state index contributed by atoms with van der Waals surface area (Å²) in [5, 5.41) is 3.42. The van der Waals surface area contributed by atoms with Gasteiger partial charge in [0, 0.05) is 13.0 Å². The number of unbranched alkanes of at least 4 members (excludes halogenated alkanes) is 1. The highest BCUT2D eigenvalue weighted by Crippen LogP contribution is 2.17. The van der Waals surface area contributed by atoms with Gasteiger partial charge in [-0.05, 0) is 24.8 Å². The molecule has 0 spiro atoms. The second-order valence-corrected chi connectivity index (χ2v) is 4.00. The minimum Gasteiger partial charge on any atom is -0.316 e. The fourth-order valence-electron chi connectivity index (χ4n) is 0.867. The predicted molar refractivity (Wildman–Crippen MR) is 55.0 cm³/mol. The van der Waals surface area contributed by atoms with Gasteiger partial charge in [-0.25, -0.2) is 0 Å². The van der Waals surface area contributed by atoms with Crippen LogP contribution < -0.4 is 5.32 Å². The van der Waals surface area contributed by atoms with E-state index in [0.29, 0.717) is 5.41 Å². The Morgan fingerprint density at radius 1 is 1.42 bits per heavy atom. The molecule has 0 aromatic heterocycles. The van der Waals surface area contributed by atoms with Crippen LogP contribution >= 0.6 is 0 Å². The van der Waals surface area contributed by atoms with Gasteiger partial charge in [0.1, 0.15) is 0 Å². The van der Waals surface area contributed by atoms with Crippen molar-refractivity contribution >= 4 is 0 Å². The molecule has 0 rings (SSSR count). The molecular weight excluding hydrogens is 146 g/mol. The van der Waals surface area contributed by atoms with Gasteiger partial charge in [-0.2, -0.15) is 0 Å². The molecule has 70 valence electrons. The molecule has 1 nitrogen and oxygen atoms in total. The molecule has 0 aromatic carbocycles. The van der Waals surface area contributed by atoms with Gasteiger partial charge in [0.15, 0.2) is 0 Å². The molecule has 0 heterocycles. The summed E-state index contributed by atoms with van der Waals surface area (Å²) in [6.07, 6.45) is 8.34. The van der Waals surface area contributed by atoms with Crippen molar-refractivity contribution in [2.24, 2.45) is 5.41 Å². The lowest BCUT2D eigenvalue weighted by molar-refractivity contribution is 0.328. The lowest BCUT2D eigenvalue weighted by Gasteiger charge is -2.22. The summed E-state index contributed by atoms with van der Waals surface area (Å²) in [7, 11) is 0. The minimum absolute atomic E-state index is 0.427. The van der Waals surface area contributed by atoms with Crippen molar-refractivity contribution in [3.8, 4) is 12.3 Å². The maximum atomic E-state index is 5.14. The van der Waals surface area contributed by atoms with E-state index in [0.717, 1.165) is 25.9 Å². The van der Waals surface area contributed by atoms with Crippen molar-refractivity contribution < 1.29 is 0 Å². The summed E-state index contributed by atoms with van der Waals surface area (Å²) in [6, 6.07) is 0. The van der Waals surface area contributed by atoms with Gasteiger partial charge in [0.2, 0.25) is 0 Å². The van der Waals surface area contributed by atoms with Crippen molar-refractivity contribution in [3.05, 3.63) is 0 Å². The van der Waals surface area contributed by atoms with E-state index < -0.39 is 0 Å². The molecule has 1 heteroatoms. The highest BCUT2D eigenvalue weighted by molar-refractivity contribution is 4.83. The molecule has 12 heavy (non-hydrogen) atoms. The highest BCUT2D eigenvalue weighted by Gasteiger charge is 2.13. The Hall–Kier alpha value is -0.480. The SMILES string of the molecule is C#CCCCNCC(C)(C)CC. The average Bonchev–Trinajstić information content (AvgIpc) is 2.04. The third-order valence-electron chi connectivity index (χ3n) is 2.24. The summed E-state index contributed by atoms with van der Waals surface area (Å²) >= 11 is 0. The van der Waals surface area contributed by atoms with Crippen LogP contribution in [0, 0.1) is 17.8 Å². The van der Waals surface area contributed by atoms with Crippen molar-refractivity contribution in [2.45, 2.75) is 40.0 Å². The Morgan fingerprint density at radius 2 is 2.08 bits per heavy atom. The first kappa shape index (κ1) is 11.5. The Balaban J connectivity index is 3.26. The summed E-state index contributed by atoms with van der Waals surface area (Å²) in [4.78, 5) is 0. The second kappa shape index (κ2) is 6.08. The molecule has 0 aliphatic heterocycles. The van der Waals surface area contributed by atoms with Gasteiger partial charge >= 0.3 is 0 Å². The normalized spacial score (nSPS) is 11.2. The molecule has 0 aliphatic rings. The zero-order chi connectivity index (χ0) is 9.45. The molecule has 0 amide bonds. The highest BCUT2D eigenvalue weighted by atomic mass is 14.9. The lowest BCUT2D eigenvalue weighted by Crippen LogP contribution is -2.29. The van der Waals surface area contributed by atoms with E-state index in [9.17, 15) is 0 Å². The van der Waals surface area contributed by atoms with Crippen LogP contribution in [0.2, 0.25) is 0 Å². The van der Waals surface area contributed by atoms with Gasteiger partial charge in [-0.15, -0.1) is 12.3 Å². The quantitative estimate of drug-likeness (QED) is 0.473. The summed E-state index contributed by atoms with van der Waals surface area (Å²) in [5.74, 6) is 2.64. The Bertz CT molecular complexity index is 142. The summed E-state index contributed by atoms with van der Waals surface area (Å²) < 4.78 is 0. The minimum atomic E-state index is 0.427. The van der Waals surface area contributed by atoms with Crippen LogP contribution in [0.4, 0.5) is 0 Å². The van der Waals surface area contributed by atoms with Crippen LogP contribution in [0.1, 0.15) is 40.0 Å². The molecule has 0 bridgehead atoms. The third kappa shape index (κ3) is 6.24. The topological polar surface area (TPSA) is 12.0 Å². The van der Waals surface area contributed by atoms with E-state index in [4.69, 9.17) is 6.42 Å². The number of hydrogen-bond acceptors (Lipinski definition) is 1. The molecule has 0 aromatic rings. The van der Waals surface area contributed by atoms with E-state index >= 15 is 0 Å². The van der Waals surface area contributed by atoms with Crippen LogP contribution in [0.3, 0.4) is 0 Å². The van der Waals surface area contributed by atoms with Gasteiger partial charge in [-0.1, -0.05) is 20.8 Å². The van der Waals surface area contributed by atoms with Crippen LogP contribution in [0.25, 0.3) is 0 Å². The molecule has 0 saturated carbocycles. The molecule has 0 saturated heterocycles. The molecule has 0 atom stereocenters. The van der Waals surface area contributed by atoms with E-state index in [2.05, 4.69) is 32.0 Å². The number of terminal acetylenes is 1. The maximum Gasteiger partial charge on any atom is 0.00981 e. The summed E-state index contributed by atoms with van der Waals surface area (Å²) in [6.45, 7) is 8.92. The van der Waals surface area contributed by atoms with Crippen LogP contribution in [-0.2, 0) is 0 Å². The van der Waals surface area contributed by atoms with Crippen molar-refractivity contribution in [2.75, 3.05) is 13.1 Å². The number of hydrogen-bond donors (Lipinski definition) is 1. The van der Waals surface area contributed by atoms with Crippen molar-refractivity contribution in [1.29, 1.82) is 0 Å². The van der Waals surface area contributed by atoms with E-state index in [-0.39, 0.29) is 0 Å². The number of nitrogens with one attached hydrogen (secondary N) is 1. The van der Waals surface area contributed by atoms with E-state index in [1.165, 1.54) is 6.42 Å². The van der Waals surface area contributed by atoms with Crippen LogP contribution in [0.15, 0.2) is 0 Å². The standard InChI is InChI=1S/C11H21N/c1-5-7-8-9-12-10-11(3,4)6-2/h1,12H,6-10H2,2-4H3. The zero-order valence-corrected chi connectivity index (χ0v) is 8.61. The largest absolute Gasteiger partial charge is 0.316 e. The van der Waals surface area contributed by atoms with Crippen molar-refractivity contribution in [3.63, 3.8) is 0 Å². The Kier molecular flexibility index (Phi) is 5.84. The lowest BCUT2D eigenvalue weighted by atomic mass is 9.90. The average molecular weight is 167 g/mol. The maximum absolute atomic E-state index is 5.14. The molecular formula is C11H21N. The first-order valence-electron chi connectivity index (χ1n) is 4.76. The first-order chi connectivity index (χ1) is 5.62. The molecule has 1 N–H and O–H groups in total. The molecule has 0 radical (unpaired) electrons. The molecule has 0 aliphatic carbocycles.